The van der Waals surface area contributed by atoms with Gasteiger partial charge in [0.1, 0.15) is 5.82 Å². The van der Waals surface area contributed by atoms with E-state index in [2.05, 4.69) is 4.98 Å². The van der Waals surface area contributed by atoms with Crippen molar-refractivity contribution in [3.63, 3.8) is 0 Å². The van der Waals surface area contributed by atoms with Crippen molar-refractivity contribution < 1.29 is 14.3 Å². The lowest BCUT2D eigenvalue weighted by molar-refractivity contribution is 0.0570. The zero-order chi connectivity index (χ0) is 19.2. The first kappa shape index (κ1) is 18.7. The minimum absolute atomic E-state index is 0.0695. The quantitative estimate of drug-likeness (QED) is 0.830. The largest absolute Gasteiger partial charge is 0.450 e. The van der Waals surface area contributed by atoms with Crippen molar-refractivity contribution in [3.8, 4) is 0 Å². The smallest absolute Gasteiger partial charge is 0.409 e. The van der Waals surface area contributed by atoms with Crippen molar-refractivity contribution >= 4 is 23.5 Å². The first-order valence-corrected chi connectivity index (χ1v) is 9.06. The maximum absolute atomic E-state index is 12.7. The van der Waals surface area contributed by atoms with Gasteiger partial charge in [-0.1, -0.05) is 18.2 Å². The Morgan fingerprint density at radius 3 is 2.30 bits per heavy atom. The molecule has 7 nitrogen and oxygen atoms in total. The summed E-state index contributed by atoms with van der Waals surface area (Å²) in [7, 11) is 1.94. The van der Waals surface area contributed by atoms with E-state index in [1.165, 1.54) is 0 Å². The van der Waals surface area contributed by atoms with Gasteiger partial charge in [0.15, 0.2) is 0 Å². The van der Waals surface area contributed by atoms with Gasteiger partial charge in [0.05, 0.1) is 12.2 Å². The lowest BCUT2D eigenvalue weighted by atomic mass is 10.2. The molecule has 0 unspecified atom stereocenters. The van der Waals surface area contributed by atoms with E-state index in [0.29, 0.717) is 38.3 Å². The lowest BCUT2D eigenvalue weighted by Gasteiger charge is -2.34. The molecule has 2 aromatic rings. The SMILES string of the molecule is CCOC(=O)N1CCN(C(=O)c2ccc(N(C)c3ccccc3)nc2)CC1. The summed E-state index contributed by atoms with van der Waals surface area (Å²) in [5.41, 5.74) is 1.57. The van der Waals surface area contributed by atoms with Gasteiger partial charge in [-0.3, -0.25) is 4.79 Å². The minimum Gasteiger partial charge on any atom is -0.450 e. The predicted molar refractivity (Wildman–Crippen MR) is 103 cm³/mol. The van der Waals surface area contributed by atoms with Crippen LogP contribution in [-0.2, 0) is 4.74 Å². The van der Waals surface area contributed by atoms with Crippen LogP contribution in [0.3, 0.4) is 0 Å². The Bertz CT molecular complexity index is 772. The summed E-state index contributed by atoms with van der Waals surface area (Å²) in [6.07, 6.45) is 1.29. The molecule has 142 valence electrons. The number of hydrogen-bond acceptors (Lipinski definition) is 5. The topological polar surface area (TPSA) is 66.0 Å². The molecule has 0 aliphatic carbocycles. The van der Waals surface area contributed by atoms with E-state index in [1.54, 1.807) is 29.0 Å². The highest BCUT2D eigenvalue weighted by Gasteiger charge is 2.25. The molecule has 0 atom stereocenters. The van der Waals surface area contributed by atoms with Gasteiger partial charge >= 0.3 is 6.09 Å². The number of rotatable bonds is 4. The van der Waals surface area contributed by atoms with Crippen LogP contribution in [0.4, 0.5) is 16.3 Å². The molecule has 0 radical (unpaired) electrons. The number of aromatic nitrogens is 1. The van der Waals surface area contributed by atoms with Gasteiger partial charge in [-0.05, 0) is 31.2 Å². The molecule has 1 aliphatic rings. The van der Waals surface area contributed by atoms with E-state index in [0.717, 1.165) is 11.5 Å². The minimum atomic E-state index is -0.320. The van der Waals surface area contributed by atoms with Crippen LogP contribution in [0.25, 0.3) is 0 Å². The maximum Gasteiger partial charge on any atom is 0.409 e. The highest BCUT2D eigenvalue weighted by atomic mass is 16.6. The number of carbonyl (C=O) groups is 2. The number of anilines is 2. The van der Waals surface area contributed by atoms with E-state index in [4.69, 9.17) is 4.74 Å². The van der Waals surface area contributed by atoms with Crippen LogP contribution < -0.4 is 4.90 Å². The Balaban J connectivity index is 1.61. The summed E-state index contributed by atoms with van der Waals surface area (Å²) in [5, 5.41) is 0. The fraction of sp³-hybridized carbons (Fsp3) is 0.350. The Hall–Kier alpha value is -3.09. The van der Waals surface area contributed by atoms with Crippen LogP contribution in [0.1, 0.15) is 17.3 Å². The van der Waals surface area contributed by atoms with Gasteiger partial charge in [-0.25, -0.2) is 9.78 Å². The van der Waals surface area contributed by atoms with Crippen molar-refractivity contribution in [2.75, 3.05) is 44.7 Å². The third-order valence-electron chi connectivity index (χ3n) is 4.57. The van der Waals surface area contributed by atoms with E-state index in [1.807, 2.05) is 48.3 Å². The molecule has 0 saturated carbocycles. The Morgan fingerprint density at radius 1 is 1.04 bits per heavy atom. The fourth-order valence-electron chi connectivity index (χ4n) is 2.98. The van der Waals surface area contributed by atoms with E-state index in [-0.39, 0.29) is 12.0 Å². The highest BCUT2D eigenvalue weighted by Crippen LogP contribution is 2.21. The molecular formula is C20H24N4O3. The Labute approximate surface area is 159 Å². The van der Waals surface area contributed by atoms with Gasteiger partial charge in [0.2, 0.25) is 0 Å². The second kappa shape index (κ2) is 8.53. The van der Waals surface area contributed by atoms with Crippen molar-refractivity contribution in [1.29, 1.82) is 0 Å². The highest BCUT2D eigenvalue weighted by molar-refractivity contribution is 5.94. The lowest BCUT2D eigenvalue weighted by Crippen LogP contribution is -2.50. The van der Waals surface area contributed by atoms with Crippen LogP contribution >= 0.6 is 0 Å². The molecule has 1 aliphatic heterocycles. The molecule has 1 fully saturated rings. The fourth-order valence-corrected chi connectivity index (χ4v) is 2.98. The molecule has 3 rings (SSSR count). The maximum atomic E-state index is 12.7. The van der Waals surface area contributed by atoms with E-state index < -0.39 is 0 Å². The van der Waals surface area contributed by atoms with Crippen LogP contribution in [0, 0.1) is 0 Å². The first-order valence-electron chi connectivity index (χ1n) is 9.06. The molecular weight excluding hydrogens is 344 g/mol. The standard InChI is InChI=1S/C20H24N4O3/c1-3-27-20(26)24-13-11-23(12-14-24)19(25)16-9-10-18(21-15-16)22(2)17-7-5-4-6-8-17/h4-10,15H,3,11-14H2,1-2H3. The third kappa shape index (κ3) is 4.36. The van der Waals surface area contributed by atoms with Gasteiger partial charge in [-0.2, -0.15) is 0 Å². The predicted octanol–water partition coefficient (Wildman–Crippen LogP) is 2.76. The monoisotopic (exact) mass is 368 g/mol. The molecule has 1 aromatic heterocycles. The van der Waals surface area contributed by atoms with Gasteiger partial charge < -0.3 is 19.4 Å². The Kier molecular flexibility index (Phi) is 5.90. The number of amides is 2. The number of para-hydroxylation sites is 1. The average Bonchev–Trinajstić information content (AvgIpc) is 2.74. The van der Waals surface area contributed by atoms with E-state index in [9.17, 15) is 9.59 Å². The molecule has 0 N–H and O–H groups in total. The number of nitrogens with zero attached hydrogens (tertiary/aromatic N) is 4. The molecule has 1 saturated heterocycles. The second-order valence-corrected chi connectivity index (χ2v) is 6.28. The zero-order valence-electron chi connectivity index (χ0n) is 15.7. The average molecular weight is 368 g/mol. The molecule has 0 bridgehead atoms. The number of carbonyl (C=O) groups excluding carboxylic acids is 2. The number of pyridine rings is 1. The zero-order valence-corrected chi connectivity index (χ0v) is 15.7. The molecule has 7 heteroatoms. The summed E-state index contributed by atoms with van der Waals surface area (Å²) in [5.74, 6) is 0.699. The van der Waals surface area contributed by atoms with Crippen LogP contribution in [-0.4, -0.2) is 66.6 Å². The van der Waals surface area contributed by atoms with Gasteiger partial charge in [0, 0.05) is 45.1 Å². The molecule has 0 spiro atoms. The van der Waals surface area contributed by atoms with E-state index >= 15 is 0 Å². The summed E-state index contributed by atoms with van der Waals surface area (Å²) < 4.78 is 5.00. The molecule has 2 amide bonds. The van der Waals surface area contributed by atoms with Crippen LogP contribution in [0.2, 0.25) is 0 Å². The number of hydrogen-bond donors (Lipinski definition) is 0. The van der Waals surface area contributed by atoms with Crippen molar-refractivity contribution in [1.82, 2.24) is 14.8 Å². The number of ether oxygens (including phenoxy) is 1. The molecule has 2 heterocycles. The van der Waals surface area contributed by atoms with Crippen molar-refractivity contribution in [3.05, 3.63) is 54.2 Å². The first-order chi connectivity index (χ1) is 13.1. The van der Waals surface area contributed by atoms with Crippen LogP contribution in [0.5, 0.6) is 0 Å². The van der Waals surface area contributed by atoms with Crippen LogP contribution in [0.15, 0.2) is 48.7 Å². The third-order valence-corrected chi connectivity index (χ3v) is 4.57. The van der Waals surface area contributed by atoms with Gasteiger partial charge in [-0.15, -0.1) is 0 Å². The second-order valence-electron chi connectivity index (χ2n) is 6.28. The Morgan fingerprint density at radius 2 is 1.70 bits per heavy atom. The normalized spacial score (nSPS) is 14.0. The summed E-state index contributed by atoms with van der Waals surface area (Å²) >= 11 is 0. The van der Waals surface area contributed by atoms with Crippen molar-refractivity contribution in [2.45, 2.75) is 6.92 Å². The molecule has 27 heavy (non-hydrogen) atoms. The van der Waals surface area contributed by atoms with Gasteiger partial charge in [0.25, 0.3) is 5.91 Å². The number of benzene rings is 1. The van der Waals surface area contributed by atoms with Crippen molar-refractivity contribution in [2.24, 2.45) is 0 Å². The summed E-state index contributed by atoms with van der Waals surface area (Å²) in [6, 6.07) is 13.6. The number of piperazine rings is 1. The summed E-state index contributed by atoms with van der Waals surface area (Å²) in [4.78, 5) is 34.2. The molecule has 1 aromatic carbocycles. The summed E-state index contributed by atoms with van der Waals surface area (Å²) in [6.45, 7) is 4.07.